The number of nitrogens with zero attached hydrogens (tertiary/aromatic N) is 1. The molecule has 0 aliphatic heterocycles. The standard InChI is InChI=1S/C18H28N2O/c1-4-13-19-17-8-6-5-7-16(17)18(21)20(3)15-11-9-14(2)10-12-15/h5-8,14-15,19H,4,9-13H2,1-3H3. The molecule has 1 saturated carbocycles. The van der Waals surface area contributed by atoms with E-state index in [1.165, 1.54) is 12.8 Å². The molecule has 0 bridgehead atoms. The molecule has 1 aliphatic rings. The Morgan fingerprint density at radius 2 is 1.90 bits per heavy atom. The first kappa shape index (κ1) is 15.9. The quantitative estimate of drug-likeness (QED) is 0.882. The maximum absolute atomic E-state index is 12.8. The molecule has 0 unspecified atom stereocenters. The largest absolute Gasteiger partial charge is 0.384 e. The van der Waals surface area contributed by atoms with Crippen LogP contribution in [0.2, 0.25) is 0 Å². The van der Waals surface area contributed by atoms with Crippen LogP contribution in [-0.4, -0.2) is 30.4 Å². The van der Waals surface area contributed by atoms with Crippen molar-refractivity contribution in [3.8, 4) is 0 Å². The Labute approximate surface area is 128 Å². The van der Waals surface area contributed by atoms with Crippen LogP contribution < -0.4 is 5.32 Å². The molecule has 0 atom stereocenters. The minimum absolute atomic E-state index is 0.147. The van der Waals surface area contributed by atoms with Gasteiger partial charge in [-0.15, -0.1) is 0 Å². The maximum Gasteiger partial charge on any atom is 0.255 e. The number of benzene rings is 1. The monoisotopic (exact) mass is 288 g/mol. The second-order valence-corrected chi connectivity index (χ2v) is 6.30. The molecule has 3 nitrogen and oxygen atoms in total. The van der Waals surface area contributed by atoms with Crippen LogP contribution in [0.3, 0.4) is 0 Å². The fourth-order valence-electron chi connectivity index (χ4n) is 3.07. The van der Waals surface area contributed by atoms with E-state index in [2.05, 4.69) is 19.2 Å². The van der Waals surface area contributed by atoms with Gasteiger partial charge in [-0.25, -0.2) is 0 Å². The van der Waals surface area contributed by atoms with Gasteiger partial charge in [-0.2, -0.15) is 0 Å². The third kappa shape index (κ3) is 3.99. The Hall–Kier alpha value is -1.51. The molecule has 2 rings (SSSR count). The highest BCUT2D eigenvalue weighted by Gasteiger charge is 2.26. The van der Waals surface area contributed by atoms with Gasteiger partial charge in [0.15, 0.2) is 0 Å². The molecule has 1 fully saturated rings. The van der Waals surface area contributed by atoms with Crippen molar-refractivity contribution in [1.29, 1.82) is 0 Å². The number of hydrogen-bond donors (Lipinski definition) is 1. The lowest BCUT2D eigenvalue weighted by atomic mass is 9.86. The maximum atomic E-state index is 12.8. The van der Waals surface area contributed by atoms with E-state index >= 15 is 0 Å². The van der Waals surface area contributed by atoms with Gasteiger partial charge in [-0.3, -0.25) is 4.79 Å². The minimum Gasteiger partial charge on any atom is -0.384 e. The Kier molecular flexibility index (Phi) is 5.66. The minimum atomic E-state index is 0.147. The molecule has 1 aromatic carbocycles. The van der Waals surface area contributed by atoms with Crippen LogP contribution in [0, 0.1) is 5.92 Å². The third-order valence-corrected chi connectivity index (χ3v) is 4.58. The summed E-state index contributed by atoms with van der Waals surface area (Å²) in [6, 6.07) is 8.26. The van der Waals surface area contributed by atoms with Crippen LogP contribution >= 0.6 is 0 Å². The number of anilines is 1. The summed E-state index contributed by atoms with van der Waals surface area (Å²) >= 11 is 0. The highest BCUT2D eigenvalue weighted by molar-refractivity contribution is 5.99. The zero-order chi connectivity index (χ0) is 15.2. The van der Waals surface area contributed by atoms with Gasteiger partial charge in [0.1, 0.15) is 0 Å². The first-order valence-corrected chi connectivity index (χ1v) is 8.23. The van der Waals surface area contributed by atoms with E-state index in [0.29, 0.717) is 6.04 Å². The van der Waals surface area contributed by atoms with Crippen LogP contribution in [0.5, 0.6) is 0 Å². The van der Waals surface area contributed by atoms with E-state index in [4.69, 9.17) is 0 Å². The van der Waals surface area contributed by atoms with Crippen molar-refractivity contribution < 1.29 is 4.79 Å². The van der Waals surface area contributed by atoms with Gasteiger partial charge >= 0.3 is 0 Å². The number of para-hydroxylation sites is 1. The summed E-state index contributed by atoms with van der Waals surface area (Å²) in [4.78, 5) is 14.8. The third-order valence-electron chi connectivity index (χ3n) is 4.58. The second kappa shape index (κ2) is 7.48. The Morgan fingerprint density at radius 3 is 2.57 bits per heavy atom. The number of carbonyl (C=O) groups excluding carboxylic acids is 1. The van der Waals surface area contributed by atoms with Gasteiger partial charge in [0.2, 0.25) is 0 Å². The molecule has 3 heteroatoms. The number of carbonyl (C=O) groups is 1. The molecular weight excluding hydrogens is 260 g/mol. The lowest BCUT2D eigenvalue weighted by molar-refractivity contribution is 0.0680. The summed E-state index contributed by atoms with van der Waals surface area (Å²) < 4.78 is 0. The first-order valence-electron chi connectivity index (χ1n) is 8.23. The van der Waals surface area contributed by atoms with Crippen molar-refractivity contribution in [2.24, 2.45) is 5.92 Å². The first-order chi connectivity index (χ1) is 10.1. The van der Waals surface area contributed by atoms with Crippen LogP contribution in [0.1, 0.15) is 56.3 Å². The Morgan fingerprint density at radius 1 is 1.24 bits per heavy atom. The van der Waals surface area contributed by atoms with Crippen LogP contribution in [0.25, 0.3) is 0 Å². The summed E-state index contributed by atoms with van der Waals surface area (Å²) in [7, 11) is 1.96. The summed E-state index contributed by atoms with van der Waals surface area (Å²) in [5.41, 5.74) is 1.76. The molecule has 0 aromatic heterocycles. The SMILES string of the molecule is CCCNc1ccccc1C(=O)N(C)C1CCC(C)CC1. The summed E-state index contributed by atoms with van der Waals surface area (Å²) in [6.45, 7) is 5.34. The van der Waals surface area contributed by atoms with Gasteiger partial charge in [0, 0.05) is 25.3 Å². The summed E-state index contributed by atoms with van der Waals surface area (Å²) in [5.74, 6) is 0.956. The fraction of sp³-hybridized carbons (Fsp3) is 0.611. The predicted octanol–water partition coefficient (Wildman–Crippen LogP) is 4.16. The van der Waals surface area contributed by atoms with Crippen LogP contribution in [-0.2, 0) is 0 Å². The Balaban J connectivity index is 2.08. The highest BCUT2D eigenvalue weighted by atomic mass is 16.2. The molecule has 116 valence electrons. The molecular formula is C18H28N2O. The number of hydrogen-bond acceptors (Lipinski definition) is 2. The average Bonchev–Trinajstić information content (AvgIpc) is 2.52. The van der Waals surface area contributed by atoms with Crippen molar-refractivity contribution in [3.63, 3.8) is 0 Å². The van der Waals surface area contributed by atoms with E-state index in [9.17, 15) is 4.79 Å². The molecule has 0 saturated heterocycles. The smallest absolute Gasteiger partial charge is 0.255 e. The van der Waals surface area contributed by atoms with Crippen molar-refractivity contribution >= 4 is 11.6 Å². The van der Waals surface area contributed by atoms with Gasteiger partial charge in [0.25, 0.3) is 5.91 Å². The molecule has 1 aliphatic carbocycles. The van der Waals surface area contributed by atoms with Gasteiger partial charge < -0.3 is 10.2 Å². The lowest BCUT2D eigenvalue weighted by Gasteiger charge is -2.34. The van der Waals surface area contributed by atoms with Gasteiger partial charge in [-0.1, -0.05) is 26.0 Å². The molecule has 21 heavy (non-hydrogen) atoms. The summed E-state index contributed by atoms with van der Waals surface area (Å²) in [5, 5.41) is 3.36. The van der Waals surface area contributed by atoms with E-state index in [0.717, 1.165) is 43.0 Å². The highest BCUT2D eigenvalue weighted by Crippen LogP contribution is 2.28. The molecule has 0 spiro atoms. The number of nitrogens with one attached hydrogen (secondary N) is 1. The fourth-order valence-corrected chi connectivity index (χ4v) is 3.07. The predicted molar refractivity (Wildman–Crippen MR) is 88.7 cm³/mol. The molecule has 1 N–H and O–H groups in total. The van der Waals surface area contributed by atoms with E-state index < -0.39 is 0 Å². The van der Waals surface area contributed by atoms with E-state index in [1.54, 1.807) is 0 Å². The van der Waals surface area contributed by atoms with Crippen molar-refractivity contribution in [1.82, 2.24) is 4.90 Å². The molecule has 0 radical (unpaired) electrons. The summed E-state index contributed by atoms with van der Waals surface area (Å²) in [6.07, 6.45) is 5.79. The molecule has 0 heterocycles. The molecule has 1 aromatic rings. The number of amides is 1. The van der Waals surface area contributed by atoms with E-state index in [-0.39, 0.29) is 5.91 Å². The zero-order valence-corrected chi connectivity index (χ0v) is 13.6. The van der Waals surface area contributed by atoms with Crippen LogP contribution in [0.15, 0.2) is 24.3 Å². The number of rotatable bonds is 5. The average molecular weight is 288 g/mol. The zero-order valence-electron chi connectivity index (χ0n) is 13.6. The second-order valence-electron chi connectivity index (χ2n) is 6.30. The van der Waals surface area contributed by atoms with Gasteiger partial charge in [-0.05, 0) is 50.2 Å². The van der Waals surface area contributed by atoms with Gasteiger partial charge in [0.05, 0.1) is 5.56 Å². The van der Waals surface area contributed by atoms with Crippen molar-refractivity contribution in [3.05, 3.63) is 29.8 Å². The van der Waals surface area contributed by atoms with E-state index in [1.807, 2.05) is 36.2 Å². The molecule has 1 amide bonds. The van der Waals surface area contributed by atoms with Crippen molar-refractivity contribution in [2.75, 3.05) is 18.9 Å². The Bertz CT molecular complexity index is 464. The van der Waals surface area contributed by atoms with Crippen LogP contribution in [0.4, 0.5) is 5.69 Å². The lowest BCUT2D eigenvalue weighted by Crippen LogP contribution is -2.39. The van der Waals surface area contributed by atoms with Crippen molar-refractivity contribution in [2.45, 2.75) is 52.0 Å². The topological polar surface area (TPSA) is 32.3 Å². The normalized spacial score (nSPS) is 21.9.